The fourth-order valence-corrected chi connectivity index (χ4v) is 8.45. The van der Waals surface area contributed by atoms with Crippen molar-refractivity contribution in [3.8, 4) is 28.4 Å². The maximum atomic E-state index is 6.69. The Morgan fingerprint density at radius 1 is 0.500 bits per heavy atom. The van der Waals surface area contributed by atoms with Crippen LogP contribution in [0.25, 0.3) is 38.8 Å². The van der Waals surface area contributed by atoms with Crippen LogP contribution in [0, 0.1) is 18.8 Å². The van der Waals surface area contributed by atoms with Crippen LogP contribution in [0.2, 0.25) is 0 Å². The summed E-state index contributed by atoms with van der Waals surface area (Å²) in [5.41, 5.74) is 13.7. The number of para-hydroxylation sites is 2. The number of aromatic nitrogens is 2. The minimum absolute atomic E-state index is 0. The Balaban J connectivity index is 0.00000560. The van der Waals surface area contributed by atoms with Gasteiger partial charge in [0.1, 0.15) is 5.82 Å². The third-order valence-corrected chi connectivity index (χ3v) is 12.4. The number of pyridine rings is 1. The Bertz CT molecular complexity index is 2970. The summed E-state index contributed by atoms with van der Waals surface area (Å²) in [5.74, 6) is 2.06. The predicted molar refractivity (Wildman–Crippen MR) is 264 cm³/mol. The second-order valence-electron chi connectivity index (χ2n) is 21.2. The van der Waals surface area contributed by atoms with E-state index in [2.05, 4.69) is 225 Å². The number of benzene rings is 6. The second kappa shape index (κ2) is 16.4. The molecule has 8 aromatic rings. The summed E-state index contributed by atoms with van der Waals surface area (Å²) in [4.78, 5) is 9.47. The van der Waals surface area contributed by atoms with Gasteiger partial charge in [-0.1, -0.05) is 143 Å². The molecule has 0 bridgehead atoms. The molecule has 0 atom stereocenters. The van der Waals surface area contributed by atoms with Crippen molar-refractivity contribution in [3.05, 3.63) is 175 Å². The molecule has 0 amide bonds. The molecule has 0 radical (unpaired) electrons. The second-order valence-corrected chi connectivity index (χ2v) is 21.2. The van der Waals surface area contributed by atoms with Crippen molar-refractivity contribution < 1.29 is 25.8 Å². The summed E-state index contributed by atoms with van der Waals surface area (Å²) in [6, 6.07) is 53.2. The molecule has 0 N–H and O–H groups in total. The van der Waals surface area contributed by atoms with E-state index in [-0.39, 0.29) is 42.7 Å². The maximum absolute atomic E-state index is 6.69. The maximum Gasteiger partial charge on any atom is 0.135 e. The van der Waals surface area contributed by atoms with Crippen LogP contribution in [-0.2, 0) is 42.7 Å². The minimum atomic E-state index is -0.0502. The predicted octanol–water partition coefficient (Wildman–Crippen LogP) is 15.8. The molecule has 0 saturated carbocycles. The quantitative estimate of drug-likeness (QED) is 0.155. The minimum Gasteiger partial charge on any atom is -0.509 e. The van der Waals surface area contributed by atoms with Crippen LogP contribution in [0.5, 0.6) is 11.5 Å². The standard InChI is InChI=1S/C58H59N4O.Pt/c1-55(2,3)40-23-20-38(21-24-40)39-22-26-48-49-27-25-47(36-53(49)62(52(48)30-39)54-34-41(28-29-59-54)56(4,5)6)63-46-17-15-16-44(35-46)60-37-61(51-19-14-13-18-50(51)60)45-32-42(57(7,8)9)31-43(33-45)58(10,11)12;/h13-34,37H,1-12H3;/q-3;. The van der Waals surface area contributed by atoms with Gasteiger partial charge < -0.3 is 19.1 Å². The van der Waals surface area contributed by atoms with Crippen LogP contribution < -0.4 is 14.5 Å². The number of hydrogen-bond donors (Lipinski definition) is 0. The van der Waals surface area contributed by atoms with Crippen molar-refractivity contribution in [3.63, 3.8) is 0 Å². The van der Waals surface area contributed by atoms with Crippen LogP contribution in [0.4, 0.5) is 22.7 Å². The van der Waals surface area contributed by atoms with Gasteiger partial charge in [0.2, 0.25) is 0 Å². The van der Waals surface area contributed by atoms with Gasteiger partial charge >= 0.3 is 0 Å². The molecule has 0 saturated heterocycles. The molecule has 6 heteroatoms. The van der Waals surface area contributed by atoms with Gasteiger partial charge in [0.05, 0.1) is 0 Å². The number of anilines is 4. The topological polar surface area (TPSA) is 33.5 Å². The number of fused-ring (bicyclic) bond motifs is 4. The van der Waals surface area contributed by atoms with Crippen molar-refractivity contribution >= 4 is 44.6 Å². The van der Waals surface area contributed by atoms with E-state index in [4.69, 9.17) is 9.72 Å². The van der Waals surface area contributed by atoms with E-state index < -0.39 is 0 Å². The Hall–Kier alpha value is -5.64. The summed E-state index contributed by atoms with van der Waals surface area (Å²) < 4.78 is 8.93. The van der Waals surface area contributed by atoms with Crippen molar-refractivity contribution in [1.82, 2.24) is 9.55 Å². The summed E-state index contributed by atoms with van der Waals surface area (Å²) in [7, 11) is 0. The molecule has 0 fully saturated rings. The van der Waals surface area contributed by atoms with Crippen LogP contribution in [-0.4, -0.2) is 9.55 Å². The fraction of sp³-hybridized carbons (Fsp3) is 0.276. The van der Waals surface area contributed by atoms with E-state index >= 15 is 0 Å². The van der Waals surface area contributed by atoms with Gasteiger partial charge in [-0.15, -0.1) is 48.1 Å². The van der Waals surface area contributed by atoms with Gasteiger partial charge in [-0.2, -0.15) is 12.1 Å². The average Bonchev–Trinajstić information content (AvgIpc) is 3.78. The molecule has 3 heterocycles. The van der Waals surface area contributed by atoms with Gasteiger partial charge in [-0.3, -0.25) is 0 Å². The van der Waals surface area contributed by atoms with E-state index in [0.29, 0.717) is 11.5 Å². The van der Waals surface area contributed by atoms with Gasteiger partial charge in [0.25, 0.3) is 0 Å². The van der Waals surface area contributed by atoms with Crippen molar-refractivity contribution in [1.29, 1.82) is 0 Å². The van der Waals surface area contributed by atoms with Crippen LogP contribution in [0.3, 0.4) is 0 Å². The Morgan fingerprint density at radius 3 is 1.73 bits per heavy atom. The van der Waals surface area contributed by atoms with E-state index in [9.17, 15) is 0 Å². The molecule has 2 aromatic heterocycles. The summed E-state index contributed by atoms with van der Waals surface area (Å²) >= 11 is 0. The summed E-state index contributed by atoms with van der Waals surface area (Å²) in [6.07, 6.45) is 1.92. The summed E-state index contributed by atoms with van der Waals surface area (Å²) in [5, 5.41) is 2.22. The van der Waals surface area contributed by atoms with Crippen molar-refractivity contribution in [2.75, 3.05) is 9.80 Å². The molecular formula is C58H59N4OPt-3. The molecule has 64 heavy (non-hydrogen) atoms. The molecule has 330 valence electrons. The van der Waals surface area contributed by atoms with E-state index in [0.717, 1.165) is 55.9 Å². The monoisotopic (exact) mass is 1020 g/mol. The smallest absolute Gasteiger partial charge is 0.135 e. The Labute approximate surface area is 395 Å². The Kier molecular flexibility index (Phi) is 11.5. The number of rotatable bonds is 6. The van der Waals surface area contributed by atoms with Gasteiger partial charge in [0, 0.05) is 61.3 Å². The zero-order valence-electron chi connectivity index (χ0n) is 39.3. The first-order chi connectivity index (χ1) is 29.7. The molecule has 9 rings (SSSR count). The molecular weight excluding hydrogens is 964 g/mol. The number of nitrogens with zero attached hydrogens (tertiary/aromatic N) is 4. The molecule has 1 aliphatic rings. The molecule has 5 nitrogen and oxygen atoms in total. The molecule has 0 spiro atoms. The largest absolute Gasteiger partial charge is 0.509 e. The van der Waals surface area contributed by atoms with E-state index in [1.807, 2.05) is 24.4 Å². The van der Waals surface area contributed by atoms with E-state index in [1.54, 1.807) is 0 Å². The molecule has 0 unspecified atom stereocenters. The van der Waals surface area contributed by atoms with Crippen LogP contribution in [0.1, 0.15) is 105 Å². The first kappa shape index (κ1) is 44.9. The third-order valence-electron chi connectivity index (χ3n) is 12.4. The first-order valence-corrected chi connectivity index (χ1v) is 22.2. The molecule has 6 aromatic carbocycles. The van der Waals surface area contributed by atoms with Crippen LogP contribution >= 0.6 is 0 Å². The van der Waals surface area contributed by atoms with Crippen molar-refractivity contribution in [2.45, 2.75) is 105 Å². The SMILES string of the molecule is CC(C)(C)c1ccc(-c2ccc3c4ccc(Oc5[c-]c(N6[CH-]N(c7cc(C(C)(C)C)cc(C(C)(C)C)c7)c7ccccc76)ccc5)[c-]c4n(-c4cc(C(C)(C)C)ccn4)c3c2)cc1.[Pt]. The zero-order valence-corrected chi connectivity index (χ0v) is 41.6. The van der Waals surface area contributed by atoms with Crippen LogP contribution in [0.15, 0.2) is 134 Å². The normalized spacial score (nSPS) is 13.4. The fourth-order valence-electron chi connectivity index (χ4n) is 8.45. The zero-order chi connectivity index (χ0) is 44.6. The van der Waals surface area contributed by atoms with Crippen molar-refractivity contribution in [2.24, 2.45) is 0 Å². The number of ether oxygens (including phenoxy) is 1. The molecule has 1 aliphatic heterocycles. The molecule has 0 aliphatic carbocycles. The van der Waals surface area contributed by atoms with Gasteiger partial charge in [-0.05, 0) is 103 Å². The number of hydrogen-bond acceptors (Lipinski definition) is 4. The van der Waals surface area contributed by atoms with Gasteiger partial charge in [0.15, 0.2) is 0 Å². The average molecular weight is 1020 g/mol. The van der Waals surface area contributed by atoms with E-state index in [1.165, 1.54) is 27.8 Å². The van der Waals surface area contributed by atoms with Gasteiger partial charge in [-0.25, -0.2) is 4.98 Å². The third kappa shape index (κ3) is 8.64. The Morgan fingerprint density at radius 2 is 1.09 bits per heavy atom. The first-order valence-electron chi connectivity index (χ1n) is 22.2. The summed E-state index contributed by atoms with van der Waals surface area (Å²) in [6.45, 7) is 29.4.